The standard InChI is InChI=1S/C61H44N2O/c1-61(2)56-39-44(51-23-13-16-43-15-9-10-21-50(43)51)31-37-52(56)53-38-36-49(40-57(53)61)62(45-17-5-3-6-18-45)47-32-27-41(28-33-47)42-29-34-48(35-30-42)63(46-19-7-4-8-20-46)58-25-14-24-55-54-22-11-12-26-59(54)64-60(55)58/h3-40H,1-2H3. The van der Waals surface area contributed by atoms with Crippen LogP contribution in [0.2, 0.25) is 0 Å². The van der Waals surface area contributed by atoms with Crippen molar-refractivity contribution >= 4 is 66.8 Å². The maximum absolute atomic E-state index is 6.53. The zero-order valence-corrected chi connectivity index (χ0v) is 35.7. The van der Waals surface area contributed by atoms with E-state index in [4.69, 9.17) is 4.42 Å². The van der Waals surface area contributed by atoms with Crippen LogP contribution in [0.25, 0.3) is 66.1 Å². The summed E-state index contributed by atoms with van der Waals surface area (Å²) < 4.78 is 6.53. The summed E-state index contributed by atoms with van der Waals surface area (Å²) in [7, 11) is 0. The monoisotopic (exact) mass is 820 g/mol. The Kier molecular flexibility index (Phi) is 8.84. The van der Waals surface area contributed by atoms with Gasteiger partial charge in [-0.2, -0.15) is 0 Å². The number of hydrogen-bond acceptors (Lipinski definition) is 3. The molecule has 1 aliphatic rings. The van der Waals surface area contributed by atoms with E-state index in [2.05, 4.69) is 242 Å². The van der Waals surface area contributed by atoms with Gasteiger partial charge in [0.25, 0.3) is 0 Å². The van der Waals surface area contributed by atoms with Crippen LogP contribution in [0, 0.1) is 0 Å². The summed E-state index contributed by atoms with van der Waals surface area (Å²) in [5.74, 6) is 0. The highest BCUT2D eigenvalue weighted by Gasteiger charge is 2.36. The molecule has 3 nitrogen and oxygen atoms in total. The van der Waals surface area contributed by atoms with Gasteiger partial charge < -0.3 is 14.2 Å². The van der Waals surface area contributed by atoms with E-state index in [0.29, 0.717) is 0 Å². The van der Waals surface area contributed by atoms with Crippen molar-refractivity contribution < 1.29 is 4.42 Å². The van der Waals surface area contributed by atoms with E-state index in [-0.39, 0.29) is 5.41 Å². The number of anilines is 6. The molecule has 0 bridgehead atoms. The minimum atomic E-state index is -0.186. The van der Waals surface area contributed by atoms with Gasteiger partial charge >= 0.3 is 0 Å². The molecular formula is C61H44N2O. The number of nitrogens with zero attached hydrogens (tertiary/aromatic N) is 2. The quantitative estimate of drug-likeness (QED) is 0.152. The Bertz CT molecular complexity index is 3510. The summed E-state index contributed by atoms with van der Waals surface area (Å²) in [4.78, 5) is 4.67. The summed E-state index contributed by atoms with van der Waals surface area (Å²) in [6.07, 6.45) is 0. The Labute approximate surface area is 373 Å². The Hall–Kier alpha value is -8.14. The molecule has 0 fully saturated rings. The molecule has 0 spiro atoms. The molecule has 10 aromatic carbocycles. The van der Waals surface area contributed by atoms with E-state index in [1.807, 2.05) is 12.1 Å². The molecule has 0 radical (unpaired) electrons. The molecule has 12 rings (SSSR count). The molecule has 3 heteroatoms. The lowest BCUT2D eigenvalue weighted by atomic mass is 9.81. The van der Waals surface area contributed by atoms with E-state index in [9.17, 15) is 0 Å². The second-order valence-electron chi connectivity index (χ2n) is 17.3. The lowest BCUT2D eigenvalue weighted by Crippen LogP contribution is -2.16. The van der Waals surface area contributed by atoms with Crippen molar-refractivity contribution in [2.24, 2.45) is 0 Å². The van der Waals surface area contributed by atoms with E-state index < -0.39 is 0 Å². The molecule has 1 aromatic heterocycles. The third-order valence-electron chi connectivity index (χ3n) is 13.3. The zero-order chi connectivity index (χ0) is 42.8. The van der Waals surface area contributed by atoms with Crippen LogP contribution in [-0.4, -0.2) is 0 Å². The molecule has 0 amide bonds. The highest BCUT2D eigenvalue weighted by molar-refractivity contribution is 6.10. The lowest BCUT2D eigenvalue weighted by molar-refractivity contribution is 0.660. The Balaban J connectivity index is 0.877. The number of hydrogen-bond donors (Lipinski definition) is 0. The van der Waals surface area contributed by atoms with Crippen molar-refractivity contribution in [2.45, 2.75) is 19.3 Å². The zero-order valence-electron chi connectivity index (χ0n) is 35.7. The van der Waals surface area contributed by atoms with E-state index >= 15 is 0 Å². The van der Waals surface area contributed by atoms with Gasteiger partial charge in [0, 0.05) is 44.6 Å². The minimum Gasteiger partial charge on any atom is -0.454 e. The normalized spacial score (nSPS) is 12.7. The smallest absolute Gasteiger partial charge is 0.159 e. The maximum atomic E-state index is 6.53. The molecule has 1 heterocycles. The van der Waals surface area contributed by atoms with Gasteiger partial charge in [-0.15, -0.1) is 0 Å². The van der Waals surface area contributed by atoms with Gasteiger partial charge in [-0.1, -0.05) is 166 Å². The Morgan fingerprint density at radius 1 is 0.344 bits per heavy atom. The highest BCUT2D eigenvalue weighted by Crippen LogP contribution is 2.52. The van der Waals surface area contributed by atoms with Crippen molar-refractivity contribution in [1.29, 1.82) is 0 Å². The van der Waals surface area contributed by atoms with Gasteiger partial charge in [0.1, 0.15) is 5.58 Å². The second kappa shape index (κ2) is 15.0. The number of fused-ring (bicyclic) bond motifs is 7. The average Bonchev–Trinajstić information content (AvgIpc) is 3.84. The topological polar surface area (TPSA) is 19.6 Å². The van der Waals surface area contributed by atoms with Gasteiger partial charge in [0.2, 0.25) is 0 Å². The maximum Gasteiger partial charge on any atom is 0.159 e. The molecular weight excluding hydrogens is 777 g/mol. The van der Waals surface area contributed by atoms with Crippen LogP contribution < -0.4 is 9.80 Å². The summed E-state index contributed by atoms with van der Waals surface area (Å²) in [6, 6.07) is 83.1. The van der Waals surface area contributed by atoms with Crippen molar-refractivity contribution in [2.75, 3.05) is 9.80 Å². The summed E-state index contributed by atoms with van der Waals surface area (Å²) >= 11 is 0. The van der Waals surface area contributed by atoms with Gasteiger partial charge in [-0.05, 0) is 134 Å². The minimum absolute atomic E-state index is 0.186. The predicted molar refractivity (Wildman–Crippen MR) is 269 cm³/mol. The van der Waals surface area contributed by atoms with Crippen molar-refractivity contribution in [3.8, 4) is 33.4 Å². The number of para-hydroxylation sites is 4. The van der Waals surface area contributed by atoms with Crippen LogP contribution >= 0.6 is 0 Å². The van der Waals surface area contributed by atoms with E-state index in [1.54, 1.807) is 0 Å². The van der Waals surface area contributed by atoms with Crippen molar-refractivity contribution in [1.82, 2.24) is 0 Å². The van der Waals surface area contributed by atoms with Crippen LogP contribution in [0.1, 0.15) is 25.0 Å². The number of rotatable bonds is 8. The highest BCUT2D eigenvalue weighted by atomic mass is 16.3. The largest absolute Gasteiger partial charge is 0.454 e. The Morgan fingerprint density at radius 3 is 1.56 bits per heavy atom. The van der Waals surface area contributed by atoms with Crippen LogP contribution in [0.4, 0.5) is 34.1 Å². The van der Waals surface area contributed by atoms with E-state index in [1.165, 1.54) is 44.2 Å². The molecule has 0 saturated carbocycles. The fraction of sp³-hybridized carbons (Fsp3) is 0.0492. The molecule has 11 aromatic rings. The van der Waals surface area contributed by atoms with Crippen molar-refractivity contribution in [3.63, 3.8) is 0 Å². The number of furan rings is 1. The van der Waals surface area contributed by atoms with E-state index in [0.717, 1.165) is 67.2 Å². The molecule has 0 unspecified atom stereocenters. The van der Waals surface area contributed by atoms with Crippen LogP contribution in [0.15, 0.2) is 235 Å². The lowest BCUT2D eigenvalue weighted by Gasteiger charge is -2.28. The molecule has 0 aliphatic heterocycles. The SMILES string of the molecule is CC1(C)c2cc(-c3cccc4ccccc34)ccc2-c2ccc(N(c3ccccc3)c3ccc(-c4ccc(N(c5ccccc5)c5cccc6c5oc5ccccc56)cc4)cc3)cc21. The number of benzene rings is 10. The first kappa shape index (κ1) is 37.6. The Morgan fingerprint density at radius 2 is 0.844 bits per heavy atom. The van der Waals surface area contributed by atoms with Crippen LogP contribution in [-0.2, 0) is 5.41 Å². The molecule has 0 N–H and O–H groups in total. The van der Waals surface area contributed by atoms with Gasteiger partial charge in [-0.25, -0.2) is 0 Å². The second-order valence-corrected chi connectivity index (χ2v) is 17.3. The summed E-state index contributed by atoms with van der Waals surface area (Å²) in [5, 5.41) is 4.77. The molecule has 0 saturated heterocycles. The fourth-order valence-corrected chi connectivity index (χ4v) is 10.1. The molecule has 0 atom stereocenters. The first-order valence-corrected chi connectivity index (χ1v) is 22.1. The molecule has 304 valence electrons. The third kappa shape index (κ3) is 6.20. The molecule has 1 aliphatic carbocycles. The summed E-state index contributed by atoms with van der Waals surface area (Å²) in [5.41, 5.74) is 18.2. The van der Waals surface area contributed by atoms with Gasteiger partial charge in [0.05, 0.1) is 5.69 Å². The predicted octanol–water partition coefficient (Wildman–Crippen LogP) is 17.3. The van der Waals surface area contributed by atoms with Crippen LogP contribution in [0.3, 0.4) is 0 Å². The molecule has 64 heavy (non-hydrogen) atoms. The van der Waals surface area contributed by atoms with Crippen molar-refractivity contribution in [3.05, 3.63) is 242 Å². The third-order valence-corrected chi connectivity index (χ3v) is 13.3. The van der Waals surface area contributed by atoms with Gasteiger partial charge in [-0.3, -0.25) is 0 Å². The summed E-state index contributed by atoms with van der Waals surface area (Å²) in [6.45, 7) is 4.75. The first-order valence-electron chi connectivity index (χ1n) is 22.1. The van der Waals surface area contributed by atoms with Gasteiger partial charge in [0.15, 0.2) is 5.58 Å². The fourth-order valence-electron chi connectivity index (χ4n) is 10.1. The average molecular weight is 821 g/mol. The van der Waals surface area contributed by atoms with Crippen LogP contribution in [0.5, 0.6) is 0 Å². The first-order chi connectivity index (χ1) is 31.5.